The Kier molecular flexibility index (Phi) is 4.56. The van der Waals surface area contributed by atoms with Crippen molar-refractivity contribution in [2.45, 2.75) is 39.3 Å². The van der Waals surface area contributed by atoms with Crippen LogP contribution in [0.25, 0.3) is 0 Å². The monoisotopic (exact) mass is 258 g/mol. The summed E-state index contributed by atoms with van der Waals surface area (Å²) >= 11 is 0. The maximum Gasteiger partial charge on any atom is 0.410 e. The average Bonchev–Trinajstić information content (AvgIpc) is 2.12. The van der Waals surface area contributed by atoms with Gasteiger partial charge >= 0.3 is 12.1 Å². The van der Waals surface area contributed by atoms with Crippen molar-refractivity contribution in [3.8, 4) is 0 Å². The van der Waals surface area contributed by atoms with Gasteiger partial charge in [0.25, 0.3) is 0 Å². The molecule has 6 heteroatoms. The summed E-state index contributed by atoms with van der Waals surface area (Å²) in [6, 6.07) is -0.663. The number of rotatable bonds is 3. The van der Waals surface area contributed by atoms with Crippen molar-refractivity contribution in [1.82, 2.24) is 4.90 Å². The highest BCUT2D eigenvalue weighted by atomic mass is 16.6. The molecule has 1 fully saturated rings. The van der Waals surface area contributed by atoms with E-state index in [4.69, 9.17) is 15.2 Å². The van der Waals surface area contributed by atoms with Gasteiger partial charge in [-0.2, -0.15) is 0 Å². The number of ether oxygens (including phenoxy) is 2. The summed E-state index contributed by atoms with van der Waals surface area (Å²) < 4.78 is 10.0. The smallest absolute Gasteiger partial charge is 0.410 e. The summed E-state index contributed by atoms with van der Waals surface area (Å²) in [5.41, 5.74) is 5.24. The molecule has 0 aliphatic carbocycles. The molecule has 0 unspecified atom stereocenters. The van der Waals surface area contributed by atoms with E-state index in [1.165, 1.54) is 4.90 Å². The fraction of sp³-hybridized carbons (Fsp3) is 0.833. The Morgan fingerprint density at radius 3 is 2.39 bits per heavy atom. The van der Waals surface area contributed by atoms with Crippen molar-refractivity contribution in [2.24, 2.45) is 11.7 Å². The average molecular weight is 258 g/mol. The van der Waals surface area contributed by atoms with Gasteiger partial charge in [0.2, 0.25) is 0 Å². The third-order valence-corrected chi connectivity index (χ3v) is 2.63. The standard InChI is InChI=1S/C12H22N2O4/c1-5-17-10(15)9(13)8-6-14(7-8)11(16)18-12(2,3)4/h8-9H,5-7,13H2,1-4H3/t9-/m1/s1. The molecule has 1 aliphatic rings. The topological polar surface area (TPSA) is 81.9 Å². The molecule has 0 bridgehead atoms. The molecule has 1 amide bonds. The minimum absolute atomic E-state index is 0.0448. The lowest BCUT2D eigenvalue weighted by Crippen LogP contribution is -2.59. The molecule has 6 nitrogen and oxygen atoms in total. The van der Waals surface area contributed by atoms with E-state index >= 15 is 0 Å². The summed E-state index contributed by atoms with van der Waals surface area (Å²) in [7, 11) is 0. The zero-order valence-electron chi connectivity index (χ0n) is 11.4. The lowest BCUT2D eigenvalue weighted by molar-refractivity contribution is -0.147. The predicted molar refractivity (Wildman–Crippen MR) is 65.9 cm³/mol. The van der Waals surface area contributed by atoms with Gasteiger partial charge in [-0.1, -0.05) is 0 Å². The summed E-state index contributed by atoms with van der Waals surface area (Å²) in [5, 5.41) is 0. The van der Waals surface area contributed by atoms with Crippen molar-refractivity contribution in [3.05, 3.63) is 0 Å². The molecule has 104 valence electrons. The largest absolute Gasteiger partial charge is 0.465 e. The van der Waals surface area contributed by atoms with Crippen LogP contribution in [0.3, 0.4) is 0 Å². The highest BCUT2D eigenvalue weighted by molar-refractivity contribution is 5.77. The molecule has 0 radical (unpaired) electrons. The van der Waals surface area contributed by atoms with Crippen LogP contribution in [0.4, 0.5) is 4.79 Å². The second-order valence-electron chi connectivity index (χ2n) is 5.42. The van der Waals surface area contributed by atoms with Gasteiger partial charge < -0.3 is 20.1 Å². The van der Waals surface area contributed by atoms with Gasteiger partial charge in [0.15, 0.2) is 0 Å². The van der Waals surface area contributed by atoms with Gasteiger partial charge in [-0.05, 0) is 27.7 Å². The fourth-order valence-corrected chi connectivity index (χ4v) is 1.65. The van der Waals surface area contributed by atoms with Gasteiger partial charge in [0, 0.05) is 19.0 Å². The second-order valence-corrected chi connectivity index (χ2v) is 5.42. The number of carbonyl (C=O) groups excluding carboxylic acids is 2. The molecule has 18 heavy (non-hydrogen) atoms. The zero-order valence-corrected chi connectivity index (χ0v) is 11.4. The van der Waals surface area contributed by atoms with Gasteiger partial charge in [-0.15, -0.1) is 0 Å². The Labute approximate surface area is 107 Å². The van der Waals surface area contributed by atoms with Crippen molar-refractivity contribution >= 4 is 12.1 Å². The maximum absolute atomic E-state index is 11.7. The van der Waals surface area contributed by atoms with Gasteiger partial charge in [-0.25, -0.2) is 4.79 Å². The van der Waals surface area contributed by atoms with E-state index in [0.29, 0.717) is 19.7 Å². The Morgan fingerprint density at radius 1 is 1.39 bits per heavy atom. The summed E-state index contributed by atoms with van der Waals surface area (Å²) in [5.74, 6) is -0.456. The van der Waals surface area contributed by atoms with Crippen molar-refractivity contribution in [2.75, 3.05) is 19.7 Å². The Balaban J connectivity index is 2.35. The van der Waals surface area contributed by atoms with E-state index in [0.717, 1.165) is 0 Å². The summed E-state index contributed by atoms with van der Waals surface area (Å²) in [6.45, 7) is 8.36. The first-order chi connectivity index (χ1) is 8.24. The molecular formula is C12H22N2O4. The Morgan fingerprint density at radius 2 is 1.94 bits per heavy atom. The number of carbonyl (C=O) groups is 2. The second kappa shape index (κ2) is 5.56. The highest BCUT2D eigenvalue weighted by Crippen LogP contribution is 2.21. The van der Waals surface area contributed by atoms with Crippen LogP contribution in [-0.4, -0.2) is 48.3 Å². The molecule has 0 aromatic heterocycles. The minimum Gasteiger partial charge on any atom is -0.465 e. The lowest BCUT2D eigenvalue weighted by atomic mass is 9.92. The van der Waals surface area contributed by atoms with Crippen molar-refractivity contribution in [1.29, 1.82) is 0 Å². The molecular weight excluding hydrogens is 236 g/mol. The fourth-order valence-electron chi connectivity index (χ4n) is 1.65. The van der Waals surface area contributed by atoms with Crippen LogP contribution in [-0.2, 0) is 14.3 Å². The van der Waals surface area contributed by atoms with Crippen molar-refractivity contribution < 1.29 is 19.1 Å². The van der Waals surface area contributed by atoms with E-state index in [2.05, 4.69) is 0 Å². The van der Waals surface area contributed by atoms with Crippen LogP contribution in [0.1, 0.15) is 27.7 Å². The number of likely N-dealkylation sites (tertiary alicyclic amines) is 1. The molecule has 1 heterocycles. The minimum atomic E-state index is -0.663. The first-order valence-corrected chi connectivity index (χ1v) is 6.14. The first-order valence-electron chi connectivity index (χ1n) is 6.14. The number of hydrogen-bond donors (Lipinski definition) is 1. The molecule has 1 rings (SSSR count). The lowest BCUT2D eigenvalue weighted by Gasteiger charge is -2.41. The van der Waals surface area contributed by atoms with Gasteiger partial charge in [0.1, 0.15) is 11.6 Å². The normalized spacial score (nSPS) is 17.9. The molecule has 2 N–H and O–H groups in total. The van der Waals surface area contributed by atoms with E-state index in [-0.39, 0.29) is 12.0 Å². The molecule has 1 atom stereocenters. The van der Waals surface area contributed by atoms with Gasteiger partial charge in [0.05, 0.1) is 6.61 Å². The summed E-state index contributed by atoms with van der Waals surface area (Å²) in [4.78, 5) is 24.6. The van der Waals surface area contributed by atoms with E-state index < -0.39 is 17.6 Å². The number of hydrogen-bond acceptors (Lipinski definition) is 5. The SMILES string of the molecule is CCOC(=O)[C@H](N)C1CN(C(=O)OC(C)(C)C)C1. The highest BCUT2D eigenvalue weighted by Gasteiger charge is 2.39. The number of amides is 1. The molecule has 0 spiro atoms. The molecule has 1 aliphatic heterocycles. The summed E-state index contributed by atoms with van der Waals surface area (Å²) in [6.07, 6.45) is -0.366. The van der Waals surface area contributed by atoms with Crippen LogP contribution in [0.2, 0.25) is 0 Å². The van der Waals surface area contributed by atoms with Gasteiger partial charge in [-0.3, -0.25) is 4.79 Å². The third-order valence-electron chi connectivity index (χ3n) is 2.63. The quantitative estimate of drug-likeness (QED) is 0.755. The number of nitrogens with two attached hydrogens (primary N) is 1. The van der Waals surface area contributed by atoms with E-state index in [1.54, 1.807) is 6.92 Å². The number of esters is 1. The van der Waals surface area contributed by atoms with Crippen LogP contribution >= 0.6 is 0 Å². The molecule has 0 aromatic carbocycles. The zero-order chi connectivity index (χ0) is 13.9. The van der Waals surface area contributed by atoms with Crippen LogP contribution in [0.5, 0.6) is 0 Å². The van der Waals surface area contributed by atoms with Crippen molar-refractivity contribution in [3.63, 3.8) is 0 Å². The van der Waals surface area contributed by atoms with Crippen LogP contribution in [0.15, 0.2) is 0 Å². The maximum atomic E-state index is 11.7. The van der Waals surface area contributed by atoms with Crippen LogP contribution in [0, 0.1) is 5.92 Å². The molecule has 1 saturated heterocycles. The van der Waals surface area contributed by atoms with E-state index in [1.807, 2.05) is 20.8 Å². The molecule has 0 aromatic rings. The Hall–Kier alpha value is -1.30. The molecule has 0 saturated carbocycles. The van der Waals surface area contributed by atoms with E-state index in [9.17, 15) is 9.59 Å². The predicted octanol–water partition coefficient (Wildman–Crippen LogP) is 0.744. The first kappa shape index (κ1) is 14.8. The number of nitrogens with zero attached hydrogens (tertiary/aromatic N) is 1. The third kappa shape index (κ3) is 3.87. The Bertz CT molecular complexity index is 319. The van der Waals surface area contributed by atoms with Crippen LogP contribution < -0.4 is 5.73 Å².